The van der Waals surface area contributed by atoms with E-state index in [4.69, 9.17) is 5.11 Å². The SMILES string of the molecule is O=C(O)NCCCN1CCN(Cc2ccccc2)CC1. The first kappa shape index (κ1) is 14.8. The molecule has 1 amide bonds. The van der Waals surface area contributed by atoms with Gasteiger partial charge in [-0.2, -0.15) is 0 Å². The van der Waals surface area contributed by atoms with Gasteiger partial charge in [0.15, 0.2) is 0 Å². The number of rotatable bonds is 6. The van der Waals surface area contributed by atoms with Crippen molar-refractivity contribution >= 4 is 6.09 Å². The van der Waals surface area contributed by atoms with E-state index in [2.05, 4.69) is 39.4 Å². The van der Waals surface area contributed by atoms with Crippen molar-refractivity contribution in [3.05, 3.63) is 35.9 Å². The summed E-state index contributed by atoms with van der Waals surface area (Å²) in [5, 5.41) is 10.9. The van der Waals surface area contributed by atoms with Gasteiger partial charge in [-0.05, 0) is 18.5 Å². The summed E-state index contributed by atoms with van der Waals surface area (Å²) in [6.45, 7) is 6.84. The molecule has 110 valence electrons. The van der Waals surface area contributed by atoms with Gasteiger partial charge in [-0.1, -0.05) is 30.3 Å². The zero-order chi connectivity index (χ0) is 14.2. The Hall–Kier alpha value is -1.59. The highest BCUT2D eigenvalue weighted by Crippen LogP contribution is 2.08. The third kappa shape index (κ3) is 5.19. The molecular formula is C15H23N3O2. The summed E-state index contributed by atoms with van der Waals surface area (Å²) < 4.78 is 0. The zero-order valence-corrected chi connectivity index (χ0v) is 11.8. The Morgan fingerprint density at radius 3 is 2.40 bits per heavy atom. The molecule has 0 aliphatic carbocycles. The minimum absolute atomic E-state index is 0.541. The van der Waals surface area contributed by atoms with Crippen molar-refractivity contribution in [1.29, 1.82) is 0 Å². The first-order chi connectivity index (χ1) is 9.74. The smallest absolute Gasteiger partial charge is 0.404 e. The normalized spacial score (nSPS) is 17.0. The molecule has 1 aliphatic rings. The first-order valence-electron chi connectivity index (χ1n) is 7.19. The molecular weight excluding hydrogens is 254 g/mol. The minimum Gasteiger partial charge on any atom is -0.465 e. The number of carbonyl (C=O) groups is 1. The van der Waals surface area contributed by atoms with Crippen LogP contribution in [0.1, 0.15) is 12.0 Å². The summed E-state index contributed by atoms with van der Waals surface area (Å²) in [6.07, 6.45) is -0.0528. The van der Waals surface area contributed by atoms with E-state index in [0.717, 1.165) is 45.7 Å². The van der Waals surface area contributed by atoms with Crippen LogP contribution in [0.3, 0.4) is 0 Å². The van der Waals surface area contributed by atoms with Crippen molar-refractivity contribution in [2.24, 2.45) is 0 Å². The monoisotopic (exact) mass is 277 g/mol. The van der Waals surface area contributed by atoms with Crippen LogP contribution in [-0.2, 0) is 6.54 Å². The van der Waals surface area contributed by atoms with Crippen molar-refractivity contribution in [3.63, 3.8) is 0 Å². The maximum Gasteiger partial charge on any atom is 0.404 e. The minimum atomic E-state index is -0.933. The van der Waals surface area contributed by atoms with Crippen LogP contribution in [-0.4, -0.2) is 60.3 Å². The summed E-state index contributed by atoms with van der Waals surface area (Å²) in [4.78, 5) is 15.2. The van der Waals surface area contributed by atoms with Crippen LogP contribution in [0.25, 0.3) is 0 Å². The van der Waals surface area contributed by atoms with Gasteiger partial charge in [-0.25, -0.2) is 4.79 Å². The van der Waals surface area contributed by atoms with Crippen LogP contribution in [0.2, 0.25) is 0 Å². The Balaban J connectivity index is 1.61. The number of hydrogen-bond acceptors (Lipinski definition) is 3. The second kappa shape index (κ2) is 7.87. The van der Waals surface area contributed by atoms with E-state index in [1.165, 1.54) is 5.56 Å². The summed E-state index contributed by atoms with van der Waals surface area (Å²) in [7, 11) is 0. The fraction of sp³-hybridized carbons (Fsp3) is 0.533. The van der Waals surface area contributed by atoms with Gasteiger partial charge in [0, 0.05) is 39.3 Å². The van der Waals surface area contributed by atoms with E-state index < -0.39 is 6.09 Å². The van der Waals surface area contributed by atoms with E-state index in [1.807, 2.05) is 6.07 Å². The number of amides is 1. The van der Waals surface area contributed by atoms with Crippen LogP contribution in [0.4, 0.5) is 4.79 Å². The summed E-state index contributed by atoms with van der Waals surface area (Å²) in [6, 6.07) is 10.6. The van der Waals surface area contributed by atoms with E-state index in [0.29, 0.717) is 6.54 Å². The molecule has 0 spiro atoms. The Labute approximate surface area is 120 Å². The van der Waals surface area contributed by atoms with Gasteiger partial charge in [-0.15, -0.1) is 0 Å². The molecule has 5 heteroatoms. The van der Waals surface area contributed by atoms with Gasteiger partial charge >= 0.3 is 6.09 Å². The number of hydrogen-bond donors (Lipinski definition) is 2. The van der Waals surface area contributed by atoms with Crippen molar-refractivity contribution in [3.8, 4) is 0 Å². The van der Waals surface area contributed by atoms with Crippen LogP contribution >= 0.6 is 0 Å². The lowest BCUT2D eigenvalue weighted by molar-refractivity contribution is 0.126. The Morgan fingerprint density at radius 2 is 1.75 bits per heavy atom. The van der Waals surface area contributed by atoms with E-state index in [-0.39, 0.29) is 0 Å². The number of nitrogens with one attached hydrogen (secondary N) is 1. The largest absolute Gasteiger partial charge is 0.465 e. The third-order valence-electron chi connectivity index (χ3n) is 3.64. The van der Waals surface area contributed by atoms with E-state index in [9.17, 15) is 4.79 Å². The Kier molecular flexibility index (Phi) is 5.83. The van der Waals surface area contributed by atoms with Gasteiger partial charge < -0.3 is 15.3 Å². The number of carboxylic acid groups (broad SMARTS) is 1. The lowest BCUT2D eigenvalue weighted by Crippen LogP contribution is -2.46. The molecule has 2 rings (SSSR count). The van der Waals surface area contributed by atoms with E-state index >= 15 is 0 Å². The molecule has 1 saturated heterocycles. The van der Waals surface area contributed by atoms with Crippen LogP contribution in [0.5, 0.6) is 0 Å². The Bertz CT molecular complexity index is 403. The zero-order valence-electron chi connectivity index (χ0n) is 11.8. The van der Waals surface area contributed by atoms with Gasteiger partial charge in [0.1, 0.15) is 0 Å². The van der Waals surface area contributed by atoms with Crippen LogP contribution in [0.15, 0.2) is 30.3 Å². The van der Waals surface area contributed by atoms with E-state index in [1.54, 1.807) is 0 Å². The highest BCUT2D eigenvalue weighted by molar-refractivity contribution is 5.64. The molecule has 0 bridgehead atoms. The van der Waals surface area contributed by atoms with Crippen molar-refractivity contribution in [1.82, 2.24) is 15.1 Å². The fourth-order valence-corrected chi connectivity index (χ4v) is 2.51. The molecule has 20 heavy (non-hydrogen) atoms. The van der Waals surface area contributed by atoms with Crippen LogP contribution in [0, 0.1) is 0 Å². The molecule has 5 nitrogen and oxygen atoms in total. The summed E-state index contributed by atoms with van der Waals surface area (Å²) in [5.74, 6) is 0. The quantitative estimate of drug-likeness (QED) is 0.773. The average Bonchev–Trinajstić information content (AvgIpc) is 2.46. The maximum atomic E-state index is 10.3. The number of benzene rings is 1. The fourth-order valence-electron chi connectivity index (χ4n) is 2.51. The van der Waals surface area contributed by atoms with Crippen molar-refractivity contribution in [2.75, 3.05) is 39.3 Å². The van der Waals surface area contributed by atoms with Gasteiger partial charge in [0.2, 0.25) is 0 Å². The molecule has 2 N–H and O–H groups in total. The molecule has 1 aliphatic heterocycles. The lowest BCUT2D eigenvalue weighted by Gasteiger charge is -2.34. The molecule has 0 aromatic heterocycles. The van der Waals surface area contributed by atoms with Crippen molar-refractivity contribution < 1.29 is 9.90 Å². The second-order valence-electron chi connectivity index (χ2n) is 5.19. The highest BCUT2D eigenvalue weighted by Gasteiger charge is 2.16. The molecule has 0 atom stereocenters. The number of nitrogens with zero attached hydrogens (tertiary/aromatic N) is 2. The standard InChI is InChI=1S/C15H23N3O2/c19-15(20)16-7-4-8-17-9-11-18(12-10-17)13-14-5-2-1-3-6-14/h1-3,5-6,16H,4,7-13H2,(H,19,20). The van der Waals surface area contributed by atoms with Crippen molar-refractivity contribution in [2.45, 2.75) is 13.0 Å². The number of piperazine rings is 1. The predicted octanol–water partition coefficient (Wildman–Crippen LogP) is 1.46. The van der Waals surface area contributed by atoms with Gasteiger partial charge in [0.05, 0.1) is 0 Å². The topological polar surface area (TPSA) is 55.8 Å². The molecule has 0 unspecified atom stereocenters. The highest BCUT2D eigenvalue weighted by atomic mass is 16.4. The van der Waals surface area contributed by atoms with Gasteiger partial charge in [-0.3, -0.25) is 4.90 Å². The molecule has 1 aromatic carbocycles. The second-order valence-corrected chi connectivity index (χ2v) is 5.19. The predicted molar refractivity (Wildman–Crippen MR) is 78.8 cm³/mol. The maximum absolute atomic E-state index is 10.3. The molecule has 1 fully saturated rings. The van der Waals surface area contributed by atoms with Gasteiger partial charge in [0.25, 0.3) is 0 Å². The molecule has 0 saturated carbocycles. The first-order valence-corrected chi connectivity index (χ1v) is 7.19. The average molecular weight is 277 g/mol. The van der Waals surface area contributed by atoms with Crippen LogP contribution < -0.4 is 5.32 Å². The third-order valence-corrected chi connectivity index (χ3v) is 3.64. The summed E-state index contributed by atoms with van der Waals surface area (Å²) >= 11 is 0. The molecule has 0 radical (unpaired) electrons. The molecule has 1 aromatic rings. The Morgan fingerprint density at radius 1 is 1.10 bits per heavy atom. The lowest BCUT2D eigenvalue weighted by atomic mass is 10.2. The molecule has 1 heterocycles. The summed E-state index contributed by atoms with van der Waals surface area (Å²) in [5.41, 5.74) is 1.37.